The van der Waals surface area contributed by atoms with Crippen LogP contribution in [0.3, 0.4) is 0 Å². The Morgan fingerprint density at radius 3 is 3.33 bits per heavy atom. The molecule has 0 N–H and O–H groups in total. The first-order valence-electron chi connectivity index (χ1n) is 6.31. The number of hydrogen-bond acceptors (Lipinski definition) is 4. The Hall–Kier alpha value is -1.26. The van der Waals surface area contributed by atoms with Crippen molar-refractivity contribution in [1.29, 1.82) is 0 Å². The average molecular weight is 261 g/mol. The number of hydrogen-bond donors (Lipinski definition) is 0. The Morgan fingerprint density at radius 1 is 1.56 bits per heavy atom. The first kappa shape index (κ1) is 11.8. The van der Waals surface area contributed by atoms with E-state index >= 15 is 0 Å². The molecular formula is C14H15NO2S. The molecule has 0 bridgehead atoms. The lowest BCUT2D eigenvalue weighted by molar-refractivity contribution is 0.0859. The Kier molecular flexibility index (Phi) is 3.39. The minimum atomic E-state index is 0.174. The van der Waals surface area contributed by atoms with Crippen LogP contribution in [-0.2, 0) is 4.74 Å². The van der Waals surface area contributed by atoms with Gasteiger partial charge < -0.3 is 4.74 Å². The second-order valence-corrected chi connectivity index (χ2v) is 5.57. The summed E-state index contributed by atoms with van der Waals surface area (Å²) in [5, 5.41) is 2.00. The predicted molar refractivity (Wildman–Crippen MR) is 72.2 cm³/mol. The Morgan fingerprint density at radius 2 is 2.50 bits per heavy atom. The van der Waals surface area contributed by atoms with Crippen molar-refractivity contribution in [2.75, 3.05) is 6.61 Å². The monoisotopic (exact) mass is 261 g/mol. The first-order chi connectivity index (χ1) is 8.83. The molecule has 1 unspecified atom stereocenters. The van der Waals surface area contributed by atoms with Gasteiger partial charge in [0.1, 0.15) is 0 Å². The topological polar surface area (TPSA) is 39.2 Å². The van der Waals surface area contributed by atoms with Gasteiger partial charge in [-0.05, 0) is 36.8 Å². The second-order valence-electron chi connectivity index (χ2n) is 4.62. The summed E-state index contributed by atoms with van der Waals surface area (Å²) in [6, 6.07) is 3.92. The molecule has 2 aromatic rings. The normalized spacial score (nSPS) is 19.4. The van der Waals surface area contributed by atoms with Gasteiger partial charge in [0.15, 0.2) is 5.78 Å². The van der Waals surface area contributed by atoms with Gasteiger partial charge >= 0.3 is 0 Å². The van der Waals surface area contributed by atoms with Crippen molar-refractivity contribution < 1.29 is 9.53 Å². The van der Waals surface area contributed by atoms with E-state index in [-0.39, 0.29) is 11.9 Å². The van der Waals surface area contributed by atoms with Gasteiger partial charge in [-0.1, -0.05) is 0 Å². The third kappa shape index (κ3) is 2.44. The summed E-state index contributed by atoms with van der Waals surface area (Å²) in [5.74, 6) is 0.174. The van der Waals surface area contributed by atoms with Gasteiger partial charge in [-0.15, -0.1) is 11.3 Å². The third-order valence-corrected chi connectivity index (χ3v) is 4.20. The lowest BCUT2D eigenvalue weighted by atomic mass is 10.0. The summed E-state index contributed by atoms with van der Waals surface area (Å²) in [6.45, 7) is 0.849. The summed E-state index contributed by atoms with van der Waals surface area (Å²) in [4.78, 5) is 16.4. The third-order valence-electron chi connectivity index (χ3n) is 3.34. The maximum Gasteiger partial charge on any atom is 0.164 e. The maximum absolute atomic E-state index is 12.1. The van der Waals surface area contributed by atoms with Gasteiger partial charge in [-0.2, -0.15) is 0 Å². The zero-order chi connectivity index (χ0) is 12.4. The van der Waals surface area contributed by atoms with Crippen molar-refractivity contribution in [3.05, 3.63) is 29.3 Å². The summed E-state index contributed by atoms with van der Waals surface area (Å²) in [7, 11) is 0. The highest BCUT2D eigenvalue weighted by Crippen LogP contribution is 2.22. The number of rotatable bonds is 4. The Bertz CT molecular complexity index is 558. The van der Waals surface area contributed by atoms with Crippen molar-refractivity contribution in [2.45, 2.75) is 31.8 Å². The van der Waals surface area contributed by atoms with Crippen molar-refractivity contribution in [2.24, 2.45) is 0 Å². The van der Waals surface area contributed by atoms with Gasteiger partial charge in [-0.25, -0.2) is 0 Å². The number of ether oxygens (including phenoxy) is 1. The number of carbonyl (C=O) groups is 1. The molecule has 3 heterocycles. The van der Waals surface area contributed by atoms with E-state index in [2.05, 4.69) is 4.98 Å². The van der Waals surface area contributed by atoms with Crippen molar-refractivity contribution in [1.82, 2.24) is 4.98 Å². The summed E-state index contributed by atoms with van der Waals surface area (Å²) in [5.41, 5.74) is 1.69. The van der Waals surface area contributed by atoms with E-state index in [1.54, 1.807) is 17.5 Å². The fourth-order valence-electron chi connectivity index (χ4n) is 2.31. The number of carbonyl (C=O) groups excluding carboxylic acids is 1. The highest BCUT2D eigenvalue weighted by atomic mass is 32.1. The van der Waals surface area contributed by atoms with E-state index in [9.17, 15) is 4.79 Å². The van der Waals surface area contributed by atoms with Crippen LogP contribution in [0.25, 0.3) is 10.2 Å². The van der Waals surface area contributed by atoms with Crippen LogP contribution in [0.2, 0.25) is 0 Å². The molecule has 1 saturated heterocycles. The number of aromatic nitrogens is 1. The number of nitrogens with zero attached hydrogens (tertiary/aromatic N) is 1. The van der Waals surface area contributed by atoms with Crippen LogP contribution in [0.15, 0.2) is 23.7 Å². The van der Waals surface area contributed by atoms with Gasteiger partial charge in [0, 0.05) is 24.8 Å². The molecule has 0 amide bonds. The second kappa shape index (κ2) is 5.16. The molecule has 1 aliphatic heterocycles. The van der Waals surface area contributed by atoms with Crippen LogP contribution < -0.4 is 0 Å². The van der Waals surface area contributed by atoms with Crippen LogP contribution in [0.1, 0.15) is 36.0 Å². The van der Waals surface area contributed by atoms with Gasteiger partial charge in [0.05, 0.1) is 16.3 Å². The van der Waals surface area contributed by atoms with Crippen LogP contribution in [0, 0.1) is 0 Å². The molecule has 1 aliphatic rings. The number of thiophene rings is 1. The highest BCUT2D eigenvalue weighted by molar-refractivity contribution is 7.17. The van der Waals surface area contributed by atoms with Crippen molar-refractivity contribution in [3.63, 3.8) is 0 Å². The minimum Gasteiger partial charge on any atom is -0.378 e. The van der Waals surface area contributed by atoms with E-state index in [0.29, 0.717) is 6.42 Å². The molecule has 1 fully saturated rings. The van der Waals surface area contributed by atoms with Crippen LogP contribution in [0.5, 0.6) is 0 Å². The molecule has 0 spiro atoms. The maximum atomic E-state index is 12.1. The molecule has 0 radical (unpaired) electrons. The number of Topliss-reactive ketones (excluding diaryl/α,β-unsaturated/α-hetero) is 1. The summed E-state index contributed by atoms with van der Waals surface area (Å²) >= 11 is 1.62. The van der Waals surface area contributed by atoms with E-state index < -0.39 is 0 Å². The first-order valence-corrected chi connectivity index (χ1v) is 7.19. The van der Waals surface area contributed by atoms with Gasteiger partial charge in [-0.3, -0.25) is 9.78 Å². The molecule has 3 nitrogen and oxygen atoms in total. The van der Waals surface area contributed by atoms with Crippen molar-refractivity contribution in [3.8, 4) is 0 Å². The molecule has 18 heavy (non-hydrogen) atoms. The largest absolute Gasteiger partial charge is 0.378 e. The number of pyridine rings is 1. The minimum absolute atomic E-state index is 0.174. The fourth-order valence-corrected chi connectivity index (χ4v) is 3.09. The fraction of sp³-hybridized carbons (Fsp3) is 0.429. The molecule has 4 heteroatoms. The molecule has 0 saturated carbocycles. The lowest BCUT2D eigenvalue weighted by Gasteiger charge is -2.07. The molecule has 0 aliphatic carbocycles. The zero-order valence-electron chi connectivity index (χ0n) is 10.1. The molecular weight excluding hydrogens is 246 g/mol. The van der Waals surface area contributed by atoms with Gasteiger partial charge in [0.2, 0.25) is 0 Å². The van der Waals surface area contributed by atoms with Crippen LogP contribution >= 0.6 is 11.3 Å². The van der Waals surface area contributed by atoms with E-state index in [1.807, 2.05) is 17.5 Å². The van der Waals surface area contributed by atoms with E-state index in [4.69, 9.17) is 4.74 Å². The Balaban J connectivity index is 1.67. The van der Waals surface area contributed by atoms with E-state index in [1.165, 1.54) is 0 Å². The lowest BCUT2D eigenvalue weighted by Crippen LogP contribution is -2.09. The predicted octanol–water partition coefficient (Wildman–Crippen LogP) is 3.44. The van der Waals surface area contributed by atoms with Crippen LogP contribution in [0.4, 0.5) is 0 Å². The summed E-state index contributed by atoms with van der Waals surface area (Å²) in [6.07, 6.45) is 5.58. The SMILES string of the molecule is O=C(CCC1CCCO1)c1cnc2ccsc2c1. The molecule has 94 valence electrons. The molecule has 3 rings (SSSR count). The standard InChI is InChI=1S/C14H15NO2S/c16-13(4-3-11-2-1-6-17-11)10-8-14-12(15-9-10)5-7-18-14/h5,7-9,11H,1-4,6H2. The van der Waals surface area contributed by atoms with Crippen LogP contribution in [-0.4, -0.2) is 23.5 Å². The summed E-state index contributed by atoms with van der Waals surface area (Å²) < 4.78 is 6.61. The van der Waals surface area contributed by atoms with Crippen molar-refractivity contribution >= 4 is 27.3 Å². The average Bonchev–Trinajstić information content (AvgIpc) is 3.05. The molecule has 2 aromatic heterocycles. The highest BCUT2D eigenvalue weighted by Gasteiger charge is 2.17. The quantitative estimate of drug-likeness (QED) is 0.791. The molecule has 1 atom stereocenters. The molecule has 0 aromatic carbocycles. The van der Waals surface area contributed by atoms with Gasteiger partial charge in [0.25, 0.3) is 0 Å². The smallest absolute Gasteiger partial charge is 0.164 e. The zero-order valence-corrected chi connectivity index (χ0v) is 10.9. The number of ketones is 1. The number of fused-ring (bicyclic) bond motifs is 1. The Labute approximate surface area is 110 Å². The van der Waals surface area contributed by atoms with E-state index in [0.717, 1.165) is 41.6 Å².